The highest BCUT2D eigenvalue weighted by molar-refractivity contribution is 5.93. The number of ether oxygens (including phenoxy) is 3. The molecule has 2 aliphatic rings. The van der Waals surface area contributed by atoms with Crippen LogP contribution < -0.4 is 4.74 Å². The van der Waals surface area contributed by atoms with Gasteiger partial charge in [0.1, 0.15) is 24.1 Å². The van der Waals surface area contributed by atoms with Gasteiger partial charge in [0.25, 0.3) is 0 Å². The number of carbonyl (C=O) groups is 1. The monoisotopic (exact) mass is 220 g/mol. The summed E-state index contributed by atoms with van der Waals surface area (Å²) >= 11 is 0. The number of methoxy groups -OCH3 is 2. The van der Waals surface area contributed by atoms with Crippen molar-refractivity contribution in [2.24, 2.45) is 0 Å². The fourth-order valence-corrected chi connectivity index (χ4v) is 2.45. The first-order valence-electron chi connectivity index (χ1n) is 5.16. The average molecular weight is 220 g/mol. The molecule has 3 atom stereocenters. The standard InChI is InChI=1S/C12H12O4/c1-14-6-3-4-7-8(5-6)10-9(13)12(15-2)11(7)16-10/h3-5,10-12H,1-2H3/t10-,11+,12+/m1/s1. The van der Waals surface area contributed by atoms with Crippen LogP contribution in [-0.2, 0) is 14.3 Å². The third kappa shape index (κ3) is 1.08. The fourth-order valence-electron chi connectivity index (χ4n) is 2.45. The largest absolute Gasteiger partial charge is 0.497 e. The first-order valence-corrected chi connectivity index (χ1v) is 5.16. The summed E-state index contributed by atoms with van der Waals surface area (Å²) in [6.07, 6.45) is -1.17. The predicted molar refractivity (Wildman–Crippen MR) is 55.4 cm³/mol. The molecule has 1 fully saturated rings. The van der Waals surface area contributed by atoms with Crippen molar-refractivity contribution in [3.05, 3.63) is 29.3 Å². The van der Waals surface area contributed by atoms with Crippen LogP contribution in [0.4, 0.5) is 0 Å². The summed E-state index contributed by atoms with van der Waals surface area (Å²) in [4.78, 5) is 11.9. The maximum absolute atomic E-state index is 11.9. The highest BCUT2D eigenvalue weighted by Crippen LogP contribution is 2.50. The number of fused-ring (bicyclic) bond motifs is 5. The van der Waals surface area contributed by atoms with Crippen LogP contribution in [0, 0.1) is 0 Å². The zero-order valence-electron chi connectivity index (χ0n) is 9.10. The summed E-state index contributed by atoms with van der Waals surface area (Å²) in [5.41, 5.74) is 1.96. The van der Waals surface area contributed by atoms with Gasteiger partial charge >= 0.3 is 0 Å². The molecule has 0 aromatic heterocycles. The Morgan fingerprint density at radius 3 is 2.75 bits per heavy atom. The van der Waals surface area contributed by atoms with Crippen LogP contribution in [0.2, 0.25) is 0 Å². The zero-order valence-corrected chi connectivity index (χ0v) is 9.10. The average Bonchev–Trinajstić information content (AvgIpc) is 2.83. The van der Waals surface area contributed by atoms with E-state index in [0.717, 1.165) is 16.9 Å². The Kier molecular flexibility index (Phi) is 2.02. The fraction of sp³-hybridized carbons (Fsp3) is 0.417. The molecule has 2 aliphatic heterocycles. The molecule has 4 nitrogen and oxygen atoms in total. The van der Waals surface area contributed by atoms with Gasteiger partial charge in [0.15, 0.2) is 5.78 Å². The Labute approximate surface area is 93.1 Å². The van der Waals surface area contributed by atoms with E-state index in [-0.39, 0.29) is 11.9 Å². The number of carbonyl (C=O) groups excluding carboxylic acids is 1. The molecule has 2 heterocycles. The third-order valence-electron chi connectivity index (χ3n) is 3.23. The SMILES string of the molecule is COc1ccc2c(c1)[C@H]1O[C@@H]2[C@@H](OC)C1=O. The molecule has 84 valence electrons. The molecule has 0 amide bonds. The van der Waals surface area contributed by atoms with Crippen LogP contribution in [0.5, 0.6) is 5.75 Å². The molecule has 0 N–H and O–H groups in total. The number of ketones is 1. The molecule has 0 saturated carbocycles. The number of Topliss-reactive ketones (excluding diaryl/α,β-unsaturated/α-hetero) is 1. The lowest BCUT2D eigenvalue weighted by molar-refractivity contribution is -0.128. The van der Waals surface area contributed by atoms with Crippen molar-refractivity contribution in [1.82, 2.24) is 0 Å². The summed E-state index contributed by atoms with van der Waals surface area (Å²) in [5, 5.41) is 0. The van der Waals surface area contributed by atoms with Crippen molar-refractivity contribution in [1.29, 1.82) is 0 Å². The number of rotatable bonds is 2. The number of benzene rings is 1. The lowest BCUT2D eigenvalue weighted by Gasteiger charge is -2.19. The molecule has 1 aromatic rings. The molecule has 1 saturated heterocycles. The second-order valence-corrected chi connectivity index (χ2v) is 3.99. The van der Waals surface area contributed by atoms with Crippen LogP contribution in [0.15, 0.2) is 18.2 Å². The predicted octanol–water partition coefficient (Wildman–Crippen LogP) is 1.41. The summed E-state index contributed by atoms with van der Waals surface area (Å²) in [7, 11) is 3.14. The van der Waals surface area contributed by atoms with Gasteiger partial charge in [0, 0.05) is 7.11 Å². The molecule has 0 unspecified atom stereocenters. The second-order valence-electron chi connectivity index (χ2n) is 3.99. The van der Waals surface area contributed by atoms with Gasteiger partial charge in [0.05, 0.1) is 7.11 Å². The molecular formula is C12H12O4. The van der Waals surface area contributed by atoms with Crippen LogP contribution in [0.1, 0.15) is 23.3 Å². The quantitative estimate of drug-likeness (QED) is 0.755. The van der Waals surface area contributed by atoms with Gasteiger partial charge in [-0.05, 0) is 23.3 Å². The lowest BCUT2D eigenvalue weighted by Crippen LogP contribution is -2.28. The lowest BCUT2D eigenvalue weighted by atomic mass is 9.88. The molecular weight excluding hydrogens is 208 g/mol. The Morgan fingerprint density at radius 1 is 1.25 bits per heavy atom. The minimum atomic E-state index is -0.472. The smallest absolute Gasteiger partial charge is 0.197 e. The summed E-state index contributed by atoms with van der Waals surface area (Å²) in [6, 6.07) is 5.68. The Bertz CT molecular complexity index is 454. The Balaban J connectivity index is 2.08. The second kappa shape index (κ2) is 3.30. The van der Waals surface area contributed by atoms with Gasteiger partial charge in [-0.3, -0.25) is 4.79 Å². The molecule has 2 bridgehead atoms. The topological polar surface area (TPSA) is 44.8 Å². The summed E-state index contributed by atoms with van der Waals surface area (Å²) in [5.74, 6) is 0.755. The molecule has 0 radical (unpaired) electrons. The van der Waals surface area contributed by atoms with Gasteiger partial charge in [-0.25, -0.2) is 0 Å². The highest BCUT2D eigenvalue weighted by atomic mass is 16.6. The van der Waals surface area contributed by atoms with Crippen LogP contribution in [0.25, 0.3) is 0 Å². The summed E-state index contributed by atoms with van der Waals surface area (Å²) < 4.78 is 15.9. The first kappa shape index (κ1) is 9.81. The van der Waals surface area contributed by atoms with Gasteiger partial charge in [-0.2, -0.15) is 0 Å². The van der Waals surface area contributed by atoms with Gasteiger partial charge in [0.2, 0.25) is 0 Å². The molecule has 0 spiro atoms. The molecule has 16 heavy (non-hydrogen) atoms. The minimum Gasteiger partial charge on any atom is -0.497 e. The molecule has 1 aromatic carbocycles. The van der Waals surface area contributed by atoms with Crippen molar-refractivity contribution in [3.63, 3.8) is 0 Å². The van der Waals surface area contributed by atoms with E-state index >= 15 is 0 Å². The Morgan fingerprint density at radius 2 is 2.06 bits per heavy atom. The first-order chi connectivity index (χ1) is 7.76. The maximum atomic E-state index is 11.9. The van der Waals surface area contributed by atoms with Gasteiger partial charge in [-0.15, -0.1) is 0 Å². The van der Waals surface area contributed by atoms with E-state index < -0.39 is 12.2 Å². The van der Waals surface area contributed by atoms with E-state index in [1.807, 2.05) is 18.2 Å². The van der Waals surface area contributed by atoms with Crippen molar-refractivity contribution in [2.45, 2.75) is 18.3 Å². The van der Waals surface area contributed by atoms with Crippen molar-refractivity contribution in [3.8, 4) is 5.75 Å². The van der Waals surface area contributed by atoms with Crippen molar-refractivity contribution in [2.75, 3.05) is 14.2 Å². The maximum Gasteiger partial charge on any atom is 0.197 e. The van der Waals surface area contributed by atoms with Crippen molar-refractivity contribution >= 4 is 5.78 Å². The molecule has 3 rings (SSSR count). The normalized spacial score (nSPS) is 30.6. The molecule has 0 aliphatic carbocycles. The van der Waals surface area contributed by atoms with E-state index in [9.17, 15) is 4.79 Å². The van der Waals surface area contributed by atoms with Crippen LogP contribution in [0.3, 0.4) is 0 Å². The van der Waals surface area contributed by atoms with E-state index in [1.54, 1.807) is 7.11 Å². The number of hydrogen-bond donors (Lipinski definition) is 0. The third-order valence-corrected chi connectivity index (χ3v) is 3.23. The highest BCUT2D eigenvalue weighted by Gasteiger charge is 2.52. The van der Waals surface area contributed by atoms with Gasteiger partial charge < -0.3 is 14.2 Å². The van der Waals surface area contributed by atoms with E-state index in [1.165, 1.54) is 7.11 Å². The van der Waals surface area contributed by atoms with Crippen LogP contribution in [-0.4, -0.2) is 26.1 Å². The van der Waals surface area contributed by atoms with E-state index in [2.05, 4.69) is 0 Å². The molecule has 4 heteroatoms. The van der Waals surface area contributed by atoms with Gasteiger partial charge in [-0.1, -0.05) is 6.07 Å². The van der Waals surface area contributed by atoms with E-state index in [0.29, 0.717) is 0 Å². The Hall–Kier alpha value is -1.39. The zero-order chi connectivity index (χ0) is 11.3. The van der Waals surface area contributed by atoms with E-state index in [4.69, 9.17) is 14.2 Å². The summed E-state index contributed by atoms with van der Waals surface area (Å²) in [6.45, 7) is 0. The van der Waals surface area contributed by atoms with Crippen molar-refractivity contribution < 1.29 is 19.0 Å². The minimum absolute atomic E-state index is 0.00764. The van der Waals surface area contributed by atoms with Crippen LogP contribution >= 0.6 is 0 Å². The number of hydrogen-bond acceptors (Lipinski definition) is 4.